The van der Waals surface area contributed by atoms with Gasteiger partial charge in [0.15, 0.2) is 11.5 Å². The molecule has 1 rings (SSSR count). The third-order valence-corrected chi connectivity index (χ3v) is 5.96. The van der Waals surface area contributed by atoms with Gasteiger partial charge in [0.1, 0.15) is 24.9 Å². The first-order valence-electron chi connectivity index (χ1n) is 14.3. The number of ether oxygens (including phenoxy) is 7. The van der Waals surface area contributed by atoms with E-state index in [-0.39, 0.29) is 49.8 Å². The molecule has 0 fully saturated rings. The van der Waals surface area contributed by atoms with E-state index >= 15 is 0 Å². The summed E-state index contributed by atoms with van der Waals surface area (Å²) in [4.78, 5) is 48.8. The van der Waals surface area contributed by atoms with Crippen LogP contribution >= 0.6 is 0 Å². The molecule has 3 atom stereocenters. The van der Waals surface area contributed by atoms with Crippen molar-refractivity contribution in [1.82, 2.24) is 0 Å². The maximum Gasteiger partial charge on any atom is 0.513 e. The Labute approximate surface area is 248 Å². The lowest BCUT2D eigenvalue weighted by atomic mass is 10.1. The topological polar surface area (TPSA) is 159 Å². The number of carbonyl (C=O) groups excluding carboxylic acids is 4. The second kappa shape index (κ2) is 18.8. The molecule has 0 aromatic heterocycles. The van der Waals surface area contributed by atoms with Gasteiger partial charge in [-0.15, -0.1) is 0 Å². The van der Waals surface area contributed by atoms with Crippen LogP contribution in [0.25, 0.3) is 0 Å². The van der Waals surface area contributed by atoms with Crippen molar-refractivity contribution in [2.45, 2.75) is 92.9 Å². The molecule has 1 aromatic rings. The fourth-order valence-electron chi connectivity index (χ4n) is 3.00. The Hall–Kier alpha value is -3.54. The summed E-state index contributed by atoms with van der Waals surface area (Å²) in [5, 5.41) is 0. The fourth-order valence-corrected chi connectivity index (χ4v) is 3.00. The molecule has 0 saturated heterocycles. The summed E-state index contributed by atoms with van der Waals surface area (Å²) in [6.07, 6.45) is -2.61. The quantitative estimate of drug-likeness (QED) is 0.139. The summed E-state index contributed by atoms with van der Waals surface area (Å²) in [5.41, 5.74) is 6.54. The van der Waals surface area contributed by atoms with Crippen molar-refractivity contribution in [3.63, 3.8) is 0 Å². The largest absolute Gasteiger partial charge is 0.513 e. The van der Waals surface area contributed by atoms with Gasteiger partial charge in [0.2, 0.25) is 0 Å². The molecule has 1 aromatic carbocycles. The van der Waals surface area contributed by atoms with Crippen LogP contribution in [-0.4, -0.2) is 62.5 Å². The summed E-state index contributed by atoms with van der Waals surface area (Å²) in [6.45, 7) is 15.2. The van der Waals surface area contributed by atoms with Crippen molar-refractivity contribution in [2.75, 3.05) is 19.8 Å². The van der Waals surface area contributed by atoms with Gasteiger partial charge in [0, 0.05) is 0 Å². The van der Waals surface area contributed by atoms with Crippen molar-refractivity contribution in [3.8, 4) is 11.5 Å². The Balaban J connectivity index is 2.83. The first-order chi connectivity index (χ1) is 19.7. The highest BCUT2D eigenvalue weighted by Gasteiger charge is 2.23. The molecule has 0 aliphatic rings. The minimum absolute atomic E-state index is 0.00176. The second-order valence-electron chi connectivity index (χ2n) is 11.2. The molecule has 0 spiro atoms. The van der Waals surface area contributed by atoms with Crippen LogP contribution in [-0.2, 0) is 34.9 Å². The average molecular weight is 598 g/mol. The van der Waals surface area contributed by atoms with Gasteiger partial charge < -0.3 is 38.9 Å². The minimum atomic E-state index is -1.10. The average Bonchev–Trinajstić information content (AvgIpc) is 2.88. The zero-order chi connectivity index (χ0) is 31.8. The first kappa shape index (κ1) is 36.5. The van der Waals surface area contributed by atoms with Crippen LogP contribution in [0.2, 0.25) is 0 Å². The molecule has 0 bridgehead atoms. The number of rotatable bonds is 16. The highest BCUT2D eigenvalue weighted by atomic mass is 16.7. The van der Waals surface area contributed by atoms with Crippen LogP contribution in [0.5, 0.6) is 11.5 Å². The van der Waals surface area contributed by atoms with Gasteiger partial charge in [-0.05, 0) is 68.6 Å². The molecule has 0 aliphatic heterocycles. The minimum Gasteiger partial charge on any atom is -0.458 e. The summed E-state index contributed by atoms with van der Waals surface area (Å²) in [7, 11) is 0. The monoisotopic (exact) mass is 597 g/mol. The molecule has 1 unspecified atom stereocenters. The molecule has 0 heterocycles. The van der Waals surface area contributed by atoms with E-state index in [4.69, 9.17) is 38.9 Å². The smallest absolute Gasteiger partial charge is 0.458 e. The van der Waals surface area contributed by atoms with E-state index in [1.54, 1.807) is 19.9 Å². The van der Waals surface area contributed by atoms with E-state index in [1.807, 2.05) is 41.5 Å². The fraction of sp³-hybridized carbons (Fsp3) is 0.667. The van der Waals surface area contributed by atoms with Gasteiger partial charge >= 0.3 is 24.4 Å². The first-order valence-corrected chi connectivity index (χ1v) is 14.3. The van der Waals surface area contributed by atoms with E-state index < -0.39 is 36.6 Å². The van der Waals surface area contributed by atoms with Gasteiger partial charge in [-0.3, -0.25) is 4.79 Å². The molecule has 0 radical (unpaired) electrons. The summed E-state index contributed by atoms with van der Waals surface area (Å²) < 4.78 is 36.1. The van der Waals surface area contributed by atoms with E-state index in [1.165, 1.54) is 12.1 Å². The predicted molar refractivity (Wildman–Crippen MR) is 153 cm³/mol. The van der Waals surface area contributed by atoms with Crippen molar-refractivity contribution in [1.29, 1.82) is 0 Å². The number of hydrogen-bond acceptors (Lipinski definition) is 12. The van der Waals surface area contributed by atoms with Gasteiger partial charge in [0.05, 0.1) is 13.2 Å². The standard InChI is InChI=1S/C30H47NO11/c1-18(2)11-13-36-28(33)41-25-10-9-23(16-26(25)42-29(34)37-14-12-19(3)4)15-24(31)27(32)39-21(7)17-38-30(35)40-22(8)20(5)6/h9-10,16,18-22,24H,11-15,17,31H2,1-8H3/t21-,22?,24-/m0/s1. The van der Waals surface area contributed by atoms with Crippen LogP contribution < -0.4 is 15.2 Å². The summed E-state index contributed by atoms with van der Waals surface area (Å²) in [5.74, 6) is -0.151. The molecule has 0 saturated carbocycles. The van der Waals surface area contributed by atoms with Gasteiger partial charge in [-0.2, -0.15) is 0 Å². The maximum absolute atomic E-state index is 12.6. The van der Waals surface area contributed by atoms with Crippen LogP contribution in [0.1, 0.15) is 73.8 Å². The summed E-state index contributed by atoms with van der Waals surface area (Å²) in [6, 6.07) is 3.26. The number of esters is 1. The third kappa shape index (κ3) is 15.5. The van der Waals surface area contributed by atoms with Gasteiger partial charge in [0.25, 0.3) is 0 Å². The molecule has 238 valence electrons. The van der Waals surface area contributed by atoms with Crippen molar-refractivity contribution < 1.29 is 52.3 Å². The third-order valence-electron chi connectivity index (χ3n) is 5.96. The molecule has 0 amide bonds. The number of carbonyl (C=O) groups is 4. The lowest BCUT2D eigenvalue weighted by molar-refractivity contribution is -0.152. The number of benzene rings is 1. The Morgan fingerprint density at radius 2 is 1.26 bits per heavy atom. The van der Waals surface area contributed by atoms with Crippen molar-refractivity contribution in [3.05, 3.63) is 23.8 Å². The zero-order valence-electron chi connectivity index (χ0n) is 26.0. The van der Waals surface area contributed by atoms with E-state index in [0.717, 1.165) is 0 Å². The van der Waals surface area contributed by atoms with Crippen LogP contribution in [0.15, 0.2) is 18.2 Å². The highest BCUT2D eigenvalue weighted by Crippen LogP contribution is 2.30. The maximum atomic E-state index is 12.6. The zero-order valence-corrected chi connectivity index (χ0v) is 26.0. The van der Waals surface area contributed by atoms with Crippen molar-refractivity contribution >= 4 is 24.4 Å². The van der Waals surface area contributed by atoms with E-state index in [0.29, 0.717) is 30.2 Å². The lowest BCUT2D eigenvalue weighted by Gasteiger charge is -2.19. The highest BCUT2D eigenvalue weighted by molar-refractivity contribution is 5.76. The predicted octanol–water partition coefficient (Wildman–Crippen LogP) is 5.81. The normalized spacial score (nSPS) is 13.2. The van der Waals surface area contributed by atoms with E-state index in [9.17, 15) is 19.2 Å². The SMILES string of the molecule is CC(C)CCOC(=O)Oc1ccc(C[C@H](N)C(=O)O[C@@H](C)COC(=O)OC(C)C(C)C)cc1OC(=O)OCCC(C)C. The Morgan fingerprint density at radius 3 is 1.79 bits per heavy atom. The van der Waals surface area contributed by atoms with Crippen LogP contribution in [0, 0.1) is 17.8 Å². The molecular weight excluding hydrogens is 550 g/mol. The number of nitrogens with two attached hydrogens (primary N) is 1. The van der Waals surface area contributed by atoms with Crippen LogP contribution in [0.4, 0.5) is 14.4 Å². The Kier molecular flexibility index (Phi) is 16.3. The number of hydrogen-bond donors (Lipinski definition) is 1. The molecule has 0 aliphatic carbocycles. The lowest BCUT2D eigenvalue weighted by Crippen LogP contribution is -2.37. The molecule has 2 N–H and O–H groups in total. The van der Waals surface area contributed by atoms with Crippen molar-refractivity contribution in [2.24, 2.45) is 23.5 Å². The molecular formula is C30H47NO11. The summed E-state index contributed by atoms with van der Waals surface area (Å²) >= 11 is 0. The second-order valence-corrected chi connectivity index (χ2v) is 11.2. The Bertz CT molecular complexity index is 1010. The molecule has 12 heteroatoms. The van der Waals surface area contributed by atoms with Gasteiger partial charge in [-0.25, -0.2) is 14.4 Å². The molecule has 42 heavy (non-hydrogen) atoms. The van der Waals surface area contributed by atoms with Gasteiger partial charge in [-0.1, -0.05) is 47.6 Å². The molecule has 12 nitrogen and oxygen atoms in total. The van der Waals surface area contributed by atoms with E-state index in [2.05, 4.69) is 0 Å². The Morgan fingerprint density at radius 1 is 0.714 bits per heavy atom. The van der Waals surface area contributed by atoms with Crippen LogP contribution in [0.3, 0.4) is 0 Å².